The van der Waals surface area contributed by atoms with Gasteiger partial charge in [0, 0.05) is 27.3 Å². The van der Waals surface area contributed by atoms with Gasteiger partial charge in [0.1, 0.15) is 0 Å². The third-order valence-corrected chi connectivity index (χ3v) is 7.06. The second-order valence-electron chi connectivity index (χ2n) is 4.46. The van der Waals surface area contributed by atoms with E-state index in [0.29, 0.717) is 6.04 Å². The minimum atomic E-state index is 0.437. The summed E-state index contributed by atoms with van der Waals surface area (Å²) in [6, 6.07) is 6.92. The number of nitrogens with zero attached hydrogens (tertiary/aromatic N) is 1. The van der Waals surface area contributed by atoms with Gasteiger partial charge in [-0.05, 0) is 63.5 Å². The number of hydrogen-bond donors (Lipinski definition) is 1. The van der Waals surface area contributed by atoms with Crippen LogP contribution in [-0.4, -0.2) is 25.5 Å². The van der Waals surface area contributed by atoms with E-state index >= 15 is 0 Å². The molecule has 0 radical (unpaired) electrons. The Kier molecular flexibility index (Phi) is 6.05. The average molecular weight is 424 g/mol. The highest BCUT2D eigenvalue weighted by atomic mass is 79.9. The molecule has 6 heteroatoms. The molecule has 1 N–H and O–H groups in total. The summed E-state index contributed by atoms with van der Waals surface area (Å²) in [6.45, 7) is 1.87. The molecule has 0 amide bonds. The van der Waals surface area contributed by atoms with Crippen LogP contribution in [0.2, 0.25) is 0 Å². The summed E-state index contributed by atoms with van der Waals surface area (Å²) in [7, 11) is 4.26. The molecule has 2 nitrogen and oxygen atoms in total. The molecule has 2 aromatic heterocycles. The van der Waals surface area contributed by atoms with E-state index in [9.17, 15) is 0 Å². The lowest BCUT2D eigenvalue weighted by Gasteiger charge is -2.23. The van der Waals surface area contributed by atoms with Crippen LogP contribution in [0.5, 0.6) is 0 Å². The van der Waals surface area contributed by atoms with Crippen molar-refractivity contribution in [1.29, 1.82) is 0 Å². The van der Waals surface area contributed by atoms with Gasteiger partial charge >= 0.3 is 0 Å². The number of halogens is 2. The van der Waals surface area contributed by atoms with Gasteiger partial charge in [-0.2, -0.15) is 0 Å². The summed E-state index contributed by atoms with van der Waals surface area (Å²) in [5, 5.41) is 5.68. The Hall–Kier alpha value is 0.280. The lowest BCUT2D eigenvalue weighted by molar-refractivity contribution is 0.292. The standard InChI is InChI=1S/C13H16Br2N2S2/c1-17(2)11(12-4-3-5-18-12)8-16-7-9-6-10(14)13(15)19-9/h3-6,11,16H,7-8H2,1-2H3. The van der Waals surface area contributed by atoms with Crippen LogP contribution in [0.25, 0.3) is 0 Å². The van der Waals surface area contributed by atoms with Crippen LogP contribution in [0, 0.1) is 0 Å². The summed E-state index contributed by atoms with van der Waals surface area (Å²) >= 11 is 10.6. The van der Waals surface area contributed by atoms with Crippen molar-refractivity contribution >= 4 is 54.5 Å². The topological polar surface area (TPSA) is 15.3 Å². The van der Waals surface area contributed by atoms with E-state index in [1.165, 1.54) is 9.75 Å². The van der Waals surface area contributed by atoms with Crippen molar-refractivity contribution in [2.45, 2.75) is 12.6 Å². The second-order valence-corrected chi connectivity index (χ2v) is 8.75. The van der Waals surface area contributed by atoms with Crippen molar-refractivity contribution in [3.05, 3.63) is 41.6 Å². The first-order chi connectivity index (χ1) is 9.08. The van der Waals surface area contributed by atoms with Crippen LogP contribution in [0.3, 0.4) is 0 Å². The number of nitrogens with one attached hydrogen (secondary N) is 1. The first kappa shape index (κ1) is 15.7. The third kappa shape index (κ3) is 4.37. The van der Waals surface area contributed by atoms with Crippen molar-refractivity contribution < 1.29 is 0 Å². The number of thiophene rings is 2. The van der Waals surface area contributed by atoms with Gasteiger partial charge in [0.05, 0.1) is 9.83 Å². The van der Waals surface area contributed by atoms with Gasteiger partial charge in [-0.3, -0.25) is 0 Å². The zero-order valence-corrected chi connectivity index (χ0v) is 15.6. The molecule has 0 aliphatic rings. The first-order valence-electron chi connectivity index (χ1n) is 5.92. The van der Waals surface area contributed by atoms with Gasteiger partial charge in [-0.1, -0.05) is 6.07 Å². The molecule has 1 unspecified atom stereocenters. The van der Waals surface area contributed by atoms with E-state index in [1.807, 2.05) is 11.3 Å². The average Bonchev–Trinajstić information content (AvgIpc) is 2.96. The molecule has 1 atom stereocenters. The minimum absolute atomic E-state index is 0.437. The number of hydrogen-bond acceptors (Lipinski definition) is 4. The van der Waals surface area contributed by atoms with Crippen molar-refractivity contribution in [1.82, 2.24) is 10.2 Å². The van der Waals surface area contributed by atoms with Crippen LogP contribution in [0.15, 0.2) is 31.8 Å². The maximum absolute atomic E-state index is 3.55. The van der Waals surface area contributed by atoms with E-state index in [2.05, 4.69) is 79.8 Å². The Morgan fingerprint density at radius 3 is 2.68 bits per heavy atom. The molecule has 0 saturated heterocycles. The van der Waals surface area contributed by atoms with E-state index in [-0.39, 0.29) is 0 Å². The highest BCUT2D eigenvalue weighted by molar-refractivity contribution is 9.13. The Balaban J connectivity index is 1.89. The van der Waals surface area contributed by atoms with E-state index in [4.69, 9.17) is 0 Å². The molecule has 0 bridgehead atoms. The van der Waals surface area contributed by atoms with Crippen LogP contribution in [-0.2, 0) is 6.54 Å². The van der Waals surface area contributed by atoms with Crippen LogP contribution >= 0.6 is 54.5 Å². The van der Waals surface area contributed by atoms with E-state index in [0.717, 1.165) is 21.3 Å². The number of likely N-dealkylation sites (N-methyl/N-ethyl adjacent to an activating group) is 1. The van der Waals surface area contributed by atoms with Gasteiger partial charge in [0.2, 0.25) is 0 Å². The fourth-order valence-corrected chi connectivity index (χ4v) is 4.90. The van der Waals surface area contributed by atoms with Gasteiger partial charge in [0.15, 0.2) is 0 Å². The maximum atomic E-state index is 3.55. The van der Waals surface area contributed by atoms with Crippen molar-refractivity contribution in [3.63, 3.8) is 0 Å². The molecule has 0 saturated carbocycles. The SMILES string of the molecule is CN(C)C(CNCc1cc(Br)c(Br)s1)c1cccs1. The molecule has 0 spiro atoms. The molecular formula is C13H16Br2N2S2. The fourth-order valence-electron chi connectivity index (χ4n) is 1.83. The summed E-state index contributed by atoms with van der Waals surface area (Å²) in [5.74, 6) is 0. The molecule has 0 aromatic carbocycles. The summed E-state index contributed by atoms with van der Waals surface area (Å²) in [5.41, 5.74) is 0. The first-order valence-corrected chi connectivity index (χ1v) is 9.20. The lowest BCUT2D eigenvalue weighted by Crippen LogP contribution is -2.30. The van der Waals surface area contributed by atoms with E-state index < -0.39 is 0 Å². The largest absolute Gasteiger partial charge is 0.310 e. The van der Waals surface area contributed by atoms with Crippen LogP contribution < -0.4 is 5.32 Å². The fraction of sp³-hybridized carbons (Fsp3) is 0.385. The van der Waals surface area contributed by atoms with Crippen molar-refractivity contribution in [2.24, 2.45) is 0 Å². The highest BCUT2D eigenvalue weighted by Gasteiger charge is 2.14. The molecule has 19 heavy (non-hydrogen) atoms. The highest BCUT2D eigenvalue weighted by Crippen LogP contribution is 2.32. The third-order valence-electron chi connectivity index (χ3n) is 2.83. The smallest absolute Gasteiger partial charge is 0.0843 e. The molecular weight excluding hydrogens is 408 g/mol. The van der Waals surface area contributed by atoms with Crippen molar-refractivity contribution in [3.8, 4) is 0 Å². The summed E-state index contributed by atoms with van der Waals surface area (Å²) < 4.78 is 2.29. The molecule has 2 heterocycles. The molecule has 2 aromatic rings. The maximum Gasteiger partial charge on any atom is 0.0843 e. The van der Waals surface area contributed by atoms with Gasteiger partial charge in [-0.25, -0.2) is 0 Å². The molecule has 104 valence electrons. The van der Waals surface area contributed by atoms with Gasteiger partial charge in [0.25, 0.3) is 0 Å². The Bertz CT molecular complexity index is 489. The zero-order chi connectivity index (χ0) is 13.8. The Morgan fingerprint density at radius 2 is 2.16 bits per heavy atom. The molecule has 2 rings (SSSR count). The predicted molar refractivity (Wildman–Crippen MR) is 92.2 cm³/mol. The van der Waals surface area contributed by atoms with Gasteiger partial charge < -0.3 is 10.2 Å². The predicted octanol–water partition coefficient (Wildman–Crippen LogP) is 4.73. The van der Waals surface area contributed by atoms with Crippen LogP contribution in [0.4, 0.5) is 0 Å². The van der Waals surface area contributed by atoms with E-state index in [1.54, 1.807) is 11.3 Å². The van der Waals surface area contributed by atoms with Crippen molar-refractivity contribution in [2.75, 3.05) is 20.6 Å². The normalized spacial score (nSPS) is 13.1. The van der Waals surface area contributed by atoms with Crippen LogP contribution in [0.1, 0.15) is 15.8 Å². The molecule has 0 fully saturated rings. The Labute approximate surface area is 139 Å². The lowest BCUT2D eigenvalue weighted by atomic mass is 10.2. The number of rotatable bonds is 6. The molecule has 0 aliphatic carbocycles. The summed E-state index contributed by atoms with van der Waals surface area (Å²) in [6.07, 6.45) is 0. The zero-order valence-electron chi connectivity index (χ0n) is 10.8. The monoisotopic (exact) mass is 422 g/mol. The quantitative estimate of drug-likeness (QED) is 0.722. The Morgan fingerprint density at radius 1 is 1.37 bits per heavy atom. The van der Waals surface area contributed by atoms with Gasteiger partial charge in [-0.15, -0.1) is 22.7 Å². The summed E-state index contributed by atoms with van der Waals surface area (Å²) in [4.78, 5) is 5.01. The minimum Gasteiger partial charge on any atom is -0.310 e. The second kappa shape index (κ2) is 7.33. The molecule has 0 aliphatic heterocycles.